The van der Waals surface area contributed by atoms with Gasteiger partial charge in [0, 0.05) is 0 Å². The molecule has 0 aromatic carbocycles. The zero-order chi connectivity index (χ0) is 21.8. The molecule has 168 valence electrons. The molecule has 2 heterocycles. The second-order valence-electron chi connectivity index (χ2n) is 5.98. The molecule has 0 aliphatic carbocycles. The highest BCUT2D eigenvalue weighted by Crippen LogP contribution is 2.27. The number of aliphatic hydroxyl groups excluding tert-OH is 8. The van der Waals surface area contributed by atoms with Crippen molar-refractivity contribution in [2.75, 3.05) is 13.2 Å². The van der Waals surface area contributed by atoms with Crippen molar-refractivity contribution in [3.05, 3.63) is 0 Å². The van der Waals surface area contributed by atoms with Crippen LogP contribution in [0.3, 0.4) is 0 Å². The van der Waals surface area contributed by atoms with Crippen LogP contribution in [0.25, 0.3) is 0 Å². The SMILES string of the molecule is O=S(=O)(O)O.OC[C@H]1O[C@@H](O[C@H]2O[C@H](CO)[C@@H](O)[C@H](O)[C@H]2O)[C@H](O)[C@@H](O)[C@H]1O. The van der Waals surface area contributed by atoms with Gasteiger partial charge in [0.25, 0.3) is 0 Å². The molecule has 16 heteroatoms. The lowest BCUT2D eigenvalue weighted by atomic mass is 9.98. The summed E-state index contributed by atoms with van der Waals surface area (Å²) in [5.74, 6) is 0. The molecule has 0 spiro atoms. The van der Waals surface area contributed by atoms with E-state index in [4.69, 9.17) is 41.9 Å². The van der Waals surface area contributed by atoms with Gasteiger partial charge >= 0.3 is 10.4 Å². The van der Waals surface area contributed by atoms with E-state index < -0.39 is 85.0 Å². The molecule has 15 nitrogen and oxygen atoms in total. The van der Waals surface area contributed by atoms with Crippen molar-refractivity contribution in [2.24, 2.45) is 0 Å². The molecule has 0 amide bonds. The zero-order valence-corrected chi connectivity index (χ0v) is 14.9. The molecule has 28 heavy (non-hydrogen) atoms. The average Bonchev–Trinajstić information content (AvgIpc) is 2.60. The summed E-state index contributed by atoms with van der Waals surface area (Å²) in [6.45, 7) is -1.33. The molecule has 0 unspecified atom stereocenters. The lowest BCUT2D eigenvalue weighted by molar-refractivity contribution is -0.376. The largest absolute Gasteiger partial charge is 0.394 e. The third-order valence-corrected chi connectivity index (χ3v) is 3.97. The summed E-state index contributed by atoms with van der Waals surface area (Å²) in [6.07, 6.45) is -15.6. The Morgan fingerprint density at radius 3 is 1.18 bits per heavy atom. The predicted molar refractivity (Wildman–Crippen MR) is 82.8 cm³/mol. The van der Waals surface area contributed by atoms with E-state index in [0.717, 1.165) is 0 Å². The topological polar surface area (TPSA) is 264 Å². The number of aliphatic hydroxyl groups is 8. The molecule has 0 saturated carbocycles. The lowest BCUT2D eigenvalue weighted by Gasteiger charge is -2.44. The first-order valence-corrected chi connectivity index (χ1v) is 9.17. The average molecular weight is 440 g/mol. The summed E-state index contributed by atoms with van der Waals surface area (Å²) in [6, 6.07) is 0. The van der Waals surface area contributed by atoms with Crippen LogP contribution < -0.4 is 0 Å². The van der Waals surface area contributed by atoms with E-state index in [1.165, 1.54) is 0 Å². The van der Waals surface area contributed by atoms with Gasteiger partial charge in [0.1, 0.15) is 48.8 Å². The minimum atomic E-state index is -4.67. The highest BCUT2D eigenvalue weighted by atomic mass is 32.3. The van der Waals surface area contributed by atoms with Crippen LogP contribution >= 0.6 is 0 Å². The van der Waals surface area contributed by atoms with Crippen molar-refractivity contribution in [2.45, 2.75) is 61.4 Å². The zero-order valence-electron chi connectivity index (χ0n) is 14.1. The van der Waals surface area contributed by atoms with Crippen LogP contribution in [0.2, 0.25) is 0 Å². The molecule has 2 saturated heterocycles. The molecule has 2 fully saturated rings. The van der Waals surface area contributed by atoms with Crippen molar-refractivity contribution in [3.63, 3.8) is 0 Å². The van der Waals surface area contributed by atoms with E-state index in [1.807, 2.05) is 0 Å². The first-order chi connectivity index (χ1) is 12.8. The second-order valence-corrected chi connectivity index (χ2v) is 6.87. The van der Waals surface area contributed by atoms with Gasteiger partial charge in [0.2, 0.25) is 0 Å². The first-order valence-electron chi connectivity index (χ1n) is 7.78. The number of rotatable bonds is 4. The summed E-state index contributed by atoms with van der Waals surface area (Å²) < 4.78 is 46.9. The van der Waals surface area contributed by atoms with Gasteiger partial charge in [-0.05, 0) is 0 Å². The lowest BCUT2D eigenvalue weighted by Crippen LogP contribution is -2.63. The number of hydrogen-bond donors (Lipinski definition) is 10. The molecule has 0 radical (unpaired) electrons. The Hall–Kier alpha value is -0.570. The second kappa shape index (κ2) is 10.5. The van der Waals surface area contributed by atoms with E-state index in [1.54, 1.807) is 0 Å². The summed E-state index contributed by atoms with van der Waals surface area (Å²) in [5.41, 5.74) is 0. The van der Waals surface area contributed by atoms with Crippen LogP contribution in [-0.4, -0.2) is 133 Å². The minimum Gasteiger partial charge on any atom is -0.394 e. The predicted octanol–water partition coefficient (Wildman–Crippen LogP) is -6.05. The summed E-state index contributed by atoms with van der Waals surface area (Å²) in [7, 11) is -4.67. The van der Waals surface area contributed by atoms with E-state index in [-0.39, 0.29) is 0 Å². The molecular formula is C12H24O15S. The number of hydrogen-bond acceptors (Lipinski definition) is 13. The van der Waals surface area contributed by atoms with Gasteiger partial charge in [-0.15, -0.1) is 0 Å². The van der Waals surface area contributed by atoms with E-state index in [9.17, 15) is 30.6 Å². The van der Waals surface area contributed by atoms with Gasteiger partial charge < -0.3 is 55.1 Å². The van der Waals surface area contributed by atoms with Crippen molar-refractivity contribution in [3.8, 4) is 0 Å². The van der Waals surface area contributed by atoms with Gasteiger partial charge in [0.05, 0.1) is 13.2 Å². The standard InChI is InChI=1S/C12H22O11.H2O4S/c13-1-3-5(15)7(17)9(19)11(21-3)23-12-10(20)8(18)6(16)4(2-14)22-12;1-5(2,3)4/h3-20H,1-2H2;(H2,1,2,3,4)/t3-,4-,5-,6+,7+,8+,9-,10-,11-,12+;/m1./s1. The van der Waals surface area contributed by atoms with E-state index in [2.05, 4.69) is 0 Å². The quantitative estimate of drug-likeness (QED) is 0.182. The fourth-order valence-corrected chi connectivity index (χ4v) is 2.49. The van der Waals surface area contributed by atoms with Gasteiger partial charge in [-0.1, -0.05) is 0 Å². The smallest absolute Gasteiger partial charge is 0.394 e. The Morgan fingerprint density at radius 2 is 0.929 bits per heavy atom. The third kappa shape index (κ3) is 6.75. The Bertz CT molecular complexity index is 525. The normalized spacial score (nSPS) is 44.5. The molecule has 10 N–H and O–H groups in total. The van der Waals surface area contributed by atoms with E-state index in [0.29, 0.717) is 0 Å². The monoisotopic (exact) mass is 440 g/mol. The van der Waals surface area contributed by atoms with Crippen LogP contribution in [0.15, 0.2) is 0 Å². The maximum Gasteiger partial charge on any atom is 0.394 e. The van der Waals surface area contributed by atoms with Crippen LogP contribution in [0, 0.1) is 0 Å². The van der Waals surface area contributed by atoms with Crippen LogP contribution in [0.1, 0.15) is 0 Å². The van der Waals surface area contributed by atoms with Crippen LogP contribution in [0.4, 0.5) is 0 Å². The Labute approximate surface area is 158 Å². The molecule has 0 bridgehead atoms. The highest BCUT2D eigenvalue weighted by molar-refractivity contribution is 7.79. The fraction of sp³-hybridized carbons (Fsp3) is 1.00. The van der Waals surface area contributed by atoms with Crippen molar-refractivity contribution < 1.29 is 72.6 Å². The fourth-order valence-electron chi connectivity index (χ4n) is 2.49. The highest BCUT2D eigenvalue weighted by Gasteiger charge is 2.49. The molecular weight excluding hydrogens is 416 g/mol. The molecule has 2 rings (SSSR count). The Balaban J connectivity index is 0.000000696. The van der Waals surface area contributed by atoms with E-state index >= 15 is 0 Å². The summed E-state index contributed by atoms with van der Waals surface area (Å²) >= 11 is 0. The summed E-state index contributed by atoms with van der Waals surface area (Å²) in [5, 5.41) is 76.4. The number of ether oxygens (including phenoxy) is 3. The van der Waals surface area contributed by atoms with Crippen molar-refractivity contribution in [1.29, 1.82) is 0 Å². The van der Waals surface area contributed by atoms with Gasteiger partial charge in [-0.2, -0.15) is 8.42 Å². The maximum atomic E-state index is 9.84. The van der Waals surface area contributed by atoms with Crippen molar-refractivity contribution in [1.82, 2.24) is 0 Å². The minimum absolute atomic E-state index is 0.667. The van der Waals surface area contributed by atoms with Gasteiger partial charge in [-0.25, -0.2) is 0 Å². The molecule has 2 aliphatic rings. The molecule has 10 atom stereocenters. The molecule has 2 aliphatic heterocycles. The Kier molecular flexibility index (Phi) is 9.51. The van der Waals surface area contributed by atoms with Crippen LogP contribution in [0.5, 0.6) is 0 Å². The maximum absolute atomic E-state index is 9.84. The van der Waals surface area contributed by atoms with Gasteiger partial charge in [-0.3, -0.25) is 9.11 Å². The molecule has 0 aromatic heterocycles. The summed E-state index contributed by atoms with van der Waals surface area (Å²) in [4.78, 5) is 0. The molecule has 0 aromatic rings. The third-order valence-electron chi connectivity index (χ3n) is 3.97. The Morgan fingerprint density at radius 1 is 0.643 bits per heavy atom. The van der Waals surface area contributed by atoms with Gasteiger partial charge in [0.15, 0.2) is 12.6 Å². The van der Waals surface area contributed by atoms with Crippen LogP contribution in [-0.2, 0) is 24.6 Å². The van der Waals surface area contributed by atoms with Crippen molar-refractivity contribution >= 4 is 10.4 Å². The first kappa shape index (κ1) is 25.5.